The van der Waals surface area contributed by atoms with Crippen LogP contribution >= 0.6 is 0 Å². The van der Waals surface area contributed by atoms with Crippen molar-refractivity contribution in [2.45, 2.75) is 6.54 Å². The highest BCUT2D eigenvalue weighted by molar-refractivity contribution is 5.91. The molecule has 0 radical (unpaired) electrons. The normalized spacial score (nSPS) is 11.0. The van der Waals surface area contributed by atoms with Crippen molar-refractivity contribution >= 4 is 11.7 Å². The van der Waals surface area contributed by atoms with Crippen LogP contribution in [0.3, 0.4) is 0 Å². The van der Waals surface area contributed by atoms with Crippen LogP contribution in [0.5, 0.6) is 0 Å². The van der Waals surface area contributed by atoms with Gasteiger partial charge in [0, 0.05) is 30.9 Å². The number of nitrogens with zero attached hydrogens (tertiary/aromatic N) is 4. The van der Waals surface area contributed by atoms with Crippen LogP contribution in [0.1, 0.15) is 5.76 Å². The lowest BCUT2D eigenvalue weighted by atomic mass is 10.1. The van der Waals surface area contributed by atoms with Crippen LogP contribution in [-0.4, -0.2) is 39.3 Å². The predicted molar refractivity (Wildman–Crippen MR) is 90.1 cm³/mol. The van der Waals surface area contributed by atoms with Crippen molar-refractivity contribution in [2.24, 2.45) is 7.05 Å². The lowest BCUT2D eigenvalue weighted by Crippen LogP contribution is -2.29. The van der Waals surface area contributed by atoms with Gasteiger partial charge in [0.1, 0.15) is 5.69 Å². The Bertz CT molecular complexity index is 809. The van der Waals surface area contributed by atoms with Crippen molar-refractivity contribution in [3.8, 4) is 11.3 Å². The second kappa shape index (κ2) is 7.10. The number of hydrogen-bond acceptors (Lipinski definition) is 5. The summed E-state index contributed by atoms with van der Waals surface area (Å²) in [6.45, 7) is 0.730. The summed E-state index contributed by atoms with van der Waals surface area (Å²) in [6, 6.07) is 13.5. The Morgan fingerprint density at radius 1 is 1.29 bits per heavy atom. The van der Waals surface area contributed by atoms with Crippen LogP contribution in [0.15, 0.2) is 53.2 Å². The molecular formula is C17H19N5O2. The van der Waals surface area contributed by atoms with Gasteiger partial charge in [0.05, 0.1) is 13.1 Å². The van der Waals surface area contributed by atoms with Gasteiger partial charge in [-0.05, 0) is 7.05 Å². The first-order valence-electron chi connectivity index (χ1n) is 7.59. The number of likely N-dealkylation sites (N-methyl/N-ethyl adjacent to an activating group) is 1. The van der Waals surface area contributed by atoms with E-state index in [1.807, 2.05) is 48.3 Å². The van der Waals surface area contributed by atoms with Crippen molar-refractivity contribution in [1.29, 1.82) is 0 Å². The molecule has 0 unspecified atom stereocenters. The molecule has 124 valence electrons. The monoisotopic (exact) mass is 325 g/mol. The second-order valence-electron chi connectivity index (χ2n) is 5.64. The largest absolute Gasteiger partial charge is 0.359 e. The predicted octanol–water partition coefficient (Wildman–Crippen LogP) is 2.15. The highest BCUT2D eigenvalue weighted by Crippen LogP contribution is 2.19. The van der Waals surface area contributed by atoms with Crippen LogP contribution in [0.2, 0.25) is 0 Å². The summed E-state index contributed by atoms with van der Waals surface area (Å²) in [5.41, 5.74) is 1.79. The van der Waals surface area contributed by atoms with Crippen molar-refractivity contribution in [2.75, 3.05) is 18.9 Å². The van der Waals surface area contributed by atoms with Crippen molar-refractivity contribution < 1.29 is 9.32 Å². The number of aryl methyl sites for hydroxylation is 1. The van der Waals surface area contributed by atoms with Crippen molar-refractivity contribution in [1.82, 2.24) is 19.8 Å². The Balaban J connectivity index is 1.54. The molecule has 0 spiro atoms. The van der Waals surface area contributed by atoms with Gasteiger partial charge in [-0.25, -0.2) is 0 Å². The van der Waals surface area contributed by atoms with E-state index in [9.17, 15) is 4.79 Å². The van der Waals surface area contributed by atoms with E-state index in [0.717, 1.165) is 11.3 Å². The molecule has 2 heterocycles. The Morgan fingerprint density at radius 3 is 2.79 bits per heavy atom. The number of carbonyl (C=O) groups is 1. The van der Waals surface area contributed by atoms with Gasteiger partial charge in [0.15, 0.2) is 11.6 Å². The third-order valence-electron chi connectivity index (χ3n) is 3.45. The number of anilines is 1. The maximum absolute atomic E-state index is 12.0. The fraction of sp³-hybridized carbons (Fsp3) is 0.235. The van der Waals surface area contributed by atoms with Crippen molar-refractivity contribution in [3.63, 3.8) is 0 Å². The molecule has 3 aromatic rings. The molecule has 3 rings (SSSR count). The Labute approximate surface area is 139 Å². The molecule has 0 saturated heterocycles. The summed E-state index contributed by atoms with van der Waals surface area (Å²) in [6.07, 6.45) is 1.78. The zero-order valence-electron chi connectivity index (χ0n) is 13.6. The van der Waals surface area contributed by atoms with E-state index in [1.165, 1.54) is 0 Å². The minimum atomic E-state index is -0.126. The molecule has 0 aliphatic carbocycles. The van der Waals surface area contributed by atoms with Crippen LogP contribution in [0.25, 0.3) is 11.3 Å². The number of amides is 1. The molecule has 1 aromatic carbocycles. The Hall–Kier alpha value is -2.93. The first kappa shape index (κ1) is 15.9. The van der Waals surface area contributed by atoms with E-state index >= 15 is 0 Å². The molecule has 7 heteroatoms. The number of nitrogens with one attached hydrogen (secondary N) is 1. The lowest BCUT2D eigenvalue weighted by Gasteiger charge is -2.13. The molecule has 0 fully saturated rings. The maximum Gasteiger partial charge on any atom is 0.239 e. The average Bonchev–Trinajstić information content (AvgIpc) is 3.17. The minimum absolute atomic E-state index is 0.126. The van der Waals surface area contributed by atoms with E-state index < -0.39 is 0 Å². The third-order valence-corrected chi connectivity index (χ3v) is 3.45. The lowest BCUT2D eigenvalue weighted by molar-refractivity contribution is -0.117. The van der Waals surface area contributed by atoms with E-state index in [2.05, 4.69) is 15.6 Å². The molecular weight excluding hydrogens is 306 g/mol. The highest BCUT2D eigenvalue weighted by Gasteiger charge is 2.12. The molecule has 0 atom stereocenters. The van der Waals surface area contributed by atoms with Gasteiger partial charge in [-0.3, -0.25) is 14.4 Å². The zero-order valence-corrected chi connectivity index (χ0v) is 13.6. The SMILES string of the molecule is CN(CC(=O)Nc1ccn(C)n1)Cc1cc(-c2ccccc2)no1. The van der Waals surface area contributed by atoms with E-state index in [4.69, 9.17) is 4.52 Å². The summed E-state index contributed by atoms with van der Waals surface area (Å²) in [7, 11) is 3.65. The summed E-state index contributed by atoms with van der Waals surface area (Å²) in [4.78, 5) is 13.9. The molecule has 0 bridgehead atoms. The van der Waals surface area contributed by atoms with Crippen LogP contribution in [-0.2, 0) is 18.4 Å². The zero-order chi connectivity index (χ0) is 16.9. The summed E-state index contributed by atoms with van der Waals surface area (Å²) >= 11 is 0. The van der Waals surface area contributed by atoms with E-state index in [1.54, 1.807) is 24.0 Å². The molecule has 0 saturated carbocycles. The van der Waals surface area contributed by atoms with Gasteiger partial charge in [-0.1, -0.05) is 35.5 Å². The molecule has 2 aromatic heterocycles. The second-order valence-corrected chi connectivity index (χ2v) is 5.64. The smallest absolute Gasteiger partial charge is 0.239 e. The maximum atomic E-state index is 12.0. The van der Waals surface area contributed by atoms with Gasteiger partial charge >= 0.3 is 0 Å². The standard InChI is InChI=1S/C17H19N5O2/c1-21(12-17(23)18-16-8-9-22(2)19-16)11-14-10-15(20-24-14)13-6-4-3-5-7-13/h3-10H,11-12H2,1-2H3,(H,18,19,23). The van der Waals surface area contributed by atoms with Gasteiger partial charge in [0.25, 0.3) is 0 Å². The minimum Gasteiger partial charge on any atom is -0.359 e. The highest BCUT2D eigenvalue weighted by atomic mass is 16.5. The molecule has 0 aliphatic heterocycles. The van der Waals surface area contributed by atoms with E-state index in [0.29, 0.717) is 18.1 Å². The Morgan fingerprint density at radius 2 is 2.08 bits per heavy atom. The molecule has 24 heavy (non-hydrogen) atoms. The number of rotatable bonds is 6. The molecule has 0 aliphatic rings. The summed E-state index contributed by atoms with van der Waals surface area (Å²) < 4.78 is 6.99. The number of hydrogen-bond donors (Lipinski definition) is 1. The van der Waals surface area contributed by atoms with Gasteiger partial charge in [0.2, 0.25) is 5.91 Å². The summed E-state index contributed by atoms with van der Waals surface area (Å²) in [5, 5.41) is 10.9. The number of carbonyl (C=O) groups excluding carboxylic acids is 1. The molecule has 1 amide bonds. The third kappa shape index (κ3) is 4.08. The van der Waals surface area contributed by atoms with Crippen LogP contribution < -0.4 is 5.32 Å². The van der Waals surface area contributed by atoms with Gasteiger partial charge < -0.3 is 9.84 Å². The van der Waals surface area contributed by atoms with Crippen molar-refractivity contribution in [3.05, 3.63) is 54.4 Å². The average molecular weight is 325 g/mol. The summed E-state index contributed by atoms with van der Waals surface area (Å²) in [5.74, 6) is 1.13. The number of benzene rings is 1. The van der Waals surface area contributed by atoms with Gasteiger partial charge in [-0.2, -0.15) is 5.10 Å². The molecule has 7 nitrogen and oxygen atoms in total. The van der Waals surface area contributed by atoms with E-state index in [-0.39, 0.29) is 12.5 Å². The first-order chi connectivity index (χ1) is 11.6. The first-order valence-corrected chi connectivity index (χ1v) is 7.59. The van der Waals surface area contributed by atoms with Crippen LogP contribution in [0.4, 0.5) is 5.82 Å². The quantitative estimate of drug-likeness (QED) is 0.751. The van der Waals surface area contributed by atoms with Crippen LogP contribution in [0, 0.1) is 0 Å². The van der Waals surface area contributed by atoms with Gasteiger partial charge in [-0.15, -0.1) is 0 Å². The molecule has 1 N–H and O–H groups in total. The fourth-order valence-electron chi connectivity index (χ4n) is 2.36. The topological polar surface area (TPSA) is 76.2 Å². The number of aromatic nitrogens is 3. The Kier molecular flexibility index (Phi) is 4.72. The fourth-order valence-corrected chi connectivity index (χ4v) is 2.36.